The first-order valence-electron chi connectivity index (χ1n) is 5.72. The number of rotatable bonds is 4. The van der Waals surface area contributed by atoms with Crippen LogP contribution >= 0.6 is 0 Å². The van der Waals surface area contributed by atoms with Gasteiger partial charge in [-0.05, 0) is 26.7 Å². The normalized spacial score (nSPS) is 18.5. The second-order valence-corrected chi connectivity index (χ2v) is 4.53. The number of ether oxygens (including phenoxy) is 1. The molecular weight excluding hydrogens is 218 g/mol. The van der Waals surface area contributed by atoms with Gasteiger partial charge in [-0.25, -0.2) is 4.79 Å². The van der Waals surface area contributed by atoms with E-state index in [4.69, 9.17) is 4.74 Å². The SMILES string of the molecule is COC(=O)C(C)(NC1CC1)c1nccnc1C. The van der Waals surface area contributed by atoms with Crippen LogP contribution in [0.4, 0.5) is 0 Å². The third-order valence-corrected chi connectivity index (χ3v) is 3.02. The molecule has 0 spiro atoms. The molecule has 0 saturated heterocycles. The van der Waals surface area contributed by atoms with Gasteiger partial charge >= 0.3 is 5.97 Å². The molecule has 0 aliphatic heterocycles. The highest BCUT2D eigenvalue weighted by Crippen LogP contribution is 2.29. The molecule has 5 nitrogen and oxygen atoms in total. The number of aromatic nitrogens is 2. The van der Waals surface area contributed by atoms with Gasteiger partial charge in [-0.1, -0.05) is 0 Å². The molecule has 2 rings (SSSR count). The van der Waals surface area contributed by atoms with Crippen LogP contribution in [0.25, 0.3) is 0 Å². The Hall–Kier alpha value is -1.49. The monoisotopic (exact) mass is 235 g/mol. The van der Waals surface area contributed by atoms with Crippen molar-refractivity contribution >= 4 is 5.97 Å². The van der Waals surface area contributed by atoms with Crippen LogP contribution in [0.3, 0.4) is 0 Å². The summed E-state index contributed by atoms with van der Waals surface area (Å²) in [6.07, 6.45) is 5.39. The van der Waals surface area contributed by atoms with Crippen molar-refractivity contribution in [1.82, 2.24) is 15.3 Å². The van der Waals surface area contributed by atoms with Crippen molar-refractivity contribution in [2.45, 2.75) is 38.3 Å². The van der Waals surface area contributed by atoms with Crippen LogP contribution in [0.1, 0.15) is 31.2 Å². The Morgan fingerprint density at radius 1 is 1.47 bits per heavy atom. The zero-order valence-electron chi connectivity index (χ0n) is 10.4. The lowest BCUT2D eigenvalue weighted by molar-refractivity contribution is -0.148. The third-order valence-electron chi connectivity index (χ3n) is 3.02. The van der Waals surface area contributed by atoms with E-state index in [1.807, 2.05) is 6.92 Å². The van der Waals surface area contributed by atoms with E-state index >= 15 is 0 Å². The van der Waals surface area contributed by atoms with Crippen molar-refractivity contribution in [3.8, 4) is 0 Å². The molecule has 1 heterocycles. The fourth-order valence-electron chi connectivity index (χ4n) is 1.96. The molecular formula is C12H17N3O2. The maximum Gasteiger partial charge on any atom is 0.332 e. The van der Waals surface area contributed by atoms with Crippen LogP contribution in [0.5, 0.6) is 0 Å². The summed E-state index contributed by atoms with van der Waals surface area (Å²) in [4.78, 5) is 20.5. The number of aryl methyl sites for hydroxylation is 1. The maximum absolute atomic E-state index is 12.0. The summed E-state index contributed by atoms with van der Waals surface area (Å²) in [5, 5.41) is 3.30. The van der Waals surface area contributed by atoms with E-state index in [9.17, 15) is 4.79 Å². The Morgan fingerprint density at radius 2 is 2.12 bits per heavy atom. The summed E-state index contributed by atoms with van der Waals surface area (Å²) < 4.78 is 4.88. The van der Waals surface area contributed by atoms with Gasteiger partial charge in [-0.3, -0.25) is 15.3 Å². The molecule has 0 bridgehead atoms. The first-order valence-corrected chi connectivity index (χ1v) is 5.72. The summed E-state index contributed by atoms with van der Waals surface area (Å²) >= 11 is 0. The molecule has 1 fully saturated rings. The Balaban J connectivity index is 2.38. The number of hydrogen-bond acceptors (Lipinski definition) is 5. The van der Waals surface area contributed by atoms with Gasteiger partial charge in [0, 0.05) is 18.4 Å². The molecule has 0 amide bonds. The van der Waals surface area contributed by atoms with Crippen molar-refractivity contribution in [2.75, 3.05) is 7.11 Å². The molecule has 1 aliphatic rings. The van der Waals surface area contributed by atoms with Gasteiger partial charge in [0.15, 0.2) is 5.54 Å². The fourth-order valence-corrected chi connectivity index (χ4v) is 1.96. The van der Waals surface area contributed by atoms with Crippen LogP contribution in [0, 0.1) is 6.92 Å². The second kappa shape index (κ2) is 4.41. The predicted molar refractivity (Wildman–Crippen MR) is 62.3 cm³/mol. The summed E-state index contributed by atoms with van der Waals surface area (Å²) in [5.74, 6) is -0.326. The van der Waals surface area contributed by atoms with E-state index in [-0.39, 0.29) is 5.97 Å². The maximum atomic E-state index is 12.0. The van der Waals surface area contributed by atoms with Crippen molar-refractivity contribution in [2.24, 2.45) is 0 Å². The van der Waals surface area contributed by atoms with Crippen molar-refractivity contribution in [3.05, 3.63) is 23.8 Å². The summed E-state index contributed by atoms with van der Waals surface area (Å²) in [7, 11) is 1.39. The minimum atomic E-state index is -0.908. The largest absolute Gasteiger partial charge is 0.467 e. The molecule has 1 N–H and O–H groups in total. The van der Waals surface area contributed by atoms with E-state index in [0.717, 1.165) is 18.5 Å². The molecule has 5 heteroatoms. The zero-order chi connectivity index (χ0) is 12.5. The Kier molecular flexibility index (Phi) is 3.11. The molecule has 17 heavy (non-hydrogen) atoms. The number of nitrogens with one attached hydrogen (secondary N) is 1. The van der Waals surface area contributed by atoms with Gasteiger partial charge in [0.05, 0.1) is 18.5 Å². The molecule has 0 radical (unpaired) electrons. The van der Waals surface area contributed by atoms with Crippen LogP contribution in [-0.2, 0) is 15.1 Å². The quantitative estimate of drug-likeness (QED) is 0.786. The van der Waals surface area contributed by atoms with Gasteiger partial charge in [0.1, 0.15) is 0 Å². The van der Waals surface area contributed by atoms with Crippen LogP contribution in [0.2, 0.25) is 0 Å². The van der Waals surface area contributed by atoms with Gasteiger partial charge < -0.3 is 4.74 Å². The highest BCUT2D eigenvalue weighted by molar-refractivity contribution is 5.81. The van der Waals surface area contributed by atoms with Crippen molar-refractivity contribution in [1.29, 1.82) is 0 Å². The van der Waals surface area contributed by atoms with E-state index in [2.05, 4.69) is 15.3 Å². The number of hydrogen-bond donors (Lipinski definition) is 1. The number of carbonyl (C=O) groups is 1. The third kappa shape index (κ3) is 2.29. The molecule has 1 aromatic rings. The van der Waals surface area contributed by atoms with E-state index < -0.39 is 5.54 Å². The molecule has 1 aliphatic carbocycles. The standard InChI is InChI=1S/C12H17N3O2/c1-8-10(14-7-6-13-8)12(2,11(16)17-3)15-9-4-5-9/h6-7,9,15H,4-5H2,1-3H3. The average molecular weight is 235 g/mol. The van der Waals surface area contributed by atoms with Crippen LogP contribution in [-0.4, -0.2) is 29.1 Å². The van der Waals surface area contributed by atoms with E-state index in [0.29, 0.717) is 11.7 Å². The lowest BCUT2D eigenvalue weighted by Crippen LogP contribution is -2.49. The van der Waals surface area contributed by atoms with Gasteiger partial charge in [0.2, 0.25) is 0 Å². The average Bonchev–Trinajstić information content (AvgIpc) is 3.12. The van der Waals surface area contributed by atoms with Crippen molar-refractivity contribution < 1.29 is 9.53 Å². The first-order chi connectivity index (χ1) is 8.08. The number of esters is 1. The predicted octanol–water partition coefficient (Wildman–Crippen LogP) is 0.925. The highest BCUT2D eigenvalue weighted by atomic mass is 16.5. The highest BCUT2D eigenvalue weighted by Gasteiger charge is 2.43. The molecule has 0 aromatic carbocycles. The summed E-state index contributed by atoms with van der Waals surface area (Å²) in [5.41, 5.74) is 0.473. The fraction of sp³-hybridized carbons (Fsp3) is 0.583. The minimum absolute atomic E-state index is 0.326. The van der Waals surface area contributed by atoms with Gasteiger partial charge in [-0.15, -0.1) is 0 Å². The van der Waals surface area contributed by atoms with Gasteiger partial charge in [0.25, 0.3) is 0 Å². The minimum Gasteiger partial charge on any atom is -0.467 e. The van der Waals surface area contributed by atoms with E-state index in [1.54, 1.807) is 19.3 Å². The number of nitrogens with zero attached hydrogens (tertiary/aromatic N) is 2. The van der Waals surface area contributed by atoms with Crippen LogP contribution in [0.15, 0.2) is 12.4 Å². The van der Waals surface area contributed by atoms with Crippen LogP contribution < -0.4 is 5.32 Å². The van der Waals surface area contributed by atoms with E-state index in [1.165, 1.54) is 7.11 Å². The lowest BCUT2D eigenvalue weighted by atomic mass is 9.95. The second-order valence-electron chi connectivity index (χ2n) is 4.53. The Morgan fingerprint density at radius 3 is 2.65 bits per heavy atom. The van der Waals surface area contributed by atoms with Gasteiger partial charge in [-0.2, -0.15) is 0 Å². The number of methoxy groups -OCH3 is 1. The zero-order valence-corrected chi connectivity index (χ0v) is 10.4. The first kappa shape index (κ1) is 12.0. The molecule has 1 unspecified atom stereocenters. The smallest absolute Gasteiger partial charge is 0.332 e. The number of carbonyl (C=O) groups excluding carboxylic acids is 1. The lowest BCUT2D eigenvalue weighted by Gasteiger charge is -2.28. The van der Waals surface area contributed by atoms with Crippen molar-refractivity contribution in [3.63, 3.8) is 0 Å². The molecule has 92 valence electrons. The molecule has 1 atom stereocenters. The Bertz CT molecular complexity index is 432. The molecule has 1 saturated carbocycles. The summed E-state index contributed by atoms with van der Waals surface area (Å²) in [6.45, 7) is 3.65. The Labute approximate surface area is 101 Å². The summed E-state index contributed by atoms with van der Waals surface area (Å²) in [6, 6.07) is 0.375. The topological polar surface area (TPSA) is 64.1 Å². The molecule has 1 aromatic heterocycles.